The lowest BCUT2D eigenvalue weighted by atomic mass is 10.1. The summed E-state index contributed by atoms with van der Waals surface area (Å²) in [6.07, 6.45) is 0.0606. The molecule has 0 spiro atoms. The van der Waals surface area contributed by atoms with Crippen molar-refractivity contribution in [2.24, 2.45) is 5.73 Å². The predicted molar refractivity (Wildman–Crippen MR) is 80.0 cm³/mol. The molecule has 1 aromatic heterocycles. The molecule has 0 aliphatic carbocycles. The van der Waals surface area contributed by atoms with Crippen molar-refractivity contribution in [1.82, 2.24) is 10.1 Å². The van der Waals surface area contributed by atoms with Crippen molar-refractivity contribution >= 4 is 15.9 Å². The molecule has 0 radical (unpaired) electrons. The van der Waals surface area contributed by atoms with Gasteiger partial charge in [0.2, 0.25) is 0 Å². The summed E-state index contributed by atoms with van der Waals surface area (Å²) in [6, 6.07) is 4.23. The van der Waals surface area contributed by atoms with Gasteiger partial charge in [-0.2, -0.15) is 4.98 Å². The summed E-state index contributed by atoms with van der Waals surface area (Å²) in [5.41, 5.74) is 5.90. The Morgan fingerprint density at radius 3 is 2.81 bits per heavy atom. The smallest absolute Gasteiger partial charge is 0.259 e. The Morgan fingerprint density at radius 2 is 2.19 bits per heavy atom. The van der Waals surface area contributed by atoms with Crippen LogP contribution in [0.5, 0.6) is 0 Å². The summed E-state index contributed by atoms with van der Waals surface area (Å²) in [4.78, 5) is 4.29. The number of aromatic nitrogens is 2. The summed E-state index contributed by atoms with van der Waals surface area (Å²) in [5, 5.41) is 3.90. The first-order chi connectivity index (χ1) is 9.79. The Kier molecular flexibility index (Phi) is 4.75. The molecule has 7 heteroatoms. The minimum Gasteiger partial charge on any atom is -0.376 e. The Hall–Kier alpha value is -1.31. The molecule has 1 unspecified atom stereocenters. The second-order valence-corrected chi connectivity index (χ2v) is 6.18. The van der Waals surface area contributed by atoms with Crippen molar-refractivity contribution in [3.8, 4) is 11.5 Å². The summed E-state index contributed by atoms with van der Waals surface area (Å²) >= 11 is 3.27. The van der Waals surface area contributed by atoms with E-state index in [1.807, 2.05) is 13.8 Å². The van der Waals surface area contributed by atoms with Gasteiger partial charge in [-0.05, 0) is 54.9 Å². The molecule has 0 aliphatic heterocycles. The van der Waals surface area contributed by atoms with Crippen LogP contribution in [0.4, 0.5) is 4.39 Å². The molecule has 0 amide bonds. The molecule has 2 aromatic rings. The number of nitrogens with zero attached hydrogens (tertiary/aromatic N) is 2. The van der Waals surface area contributed by atoms with Crippen LogP contribution in [0.15, 0.2) is 27.2 Å². The molecule has 1 aromatic carbocycles. The van der Waals surface area contributed by atoms with E-state index in [9.17, 15) is 4.39 Å². The van der Waals surface area contributed by atoms with Crippen LogP contribution in [0, 0.1) is 5.82 Å². The third-order valence-electron chi connectivity index (χ3n) is 2.81. The van der Waals surface area contributed by atoms with Crippen LogP contribution in [-0.4, -0.2) is 22.9 Å². The molecule has 0 saturated heterocycles. The molecular weight excluding hydrogens is 341 g/mol. The van der Waals surface area contributed by atoms with Crippen molar-refractivity contribution in [2.75, 3.05) is 6.61 Å². The molecule has 2 rings (SSSR count). The SMILES string of the molecule is CC(C)OCC(C)(N)c1noc(-c2ccc(F)cc2Br)n1. The number of halogens is 2. The molecule has 0 fully saturated rings. The Morgan fingerprint density at radius 1 is 1.48 bits per heavy atom. The van der Waals surface area contributed by atoms with Crippen LogP contribution in [0.2, 0.25) is 0 Å². The van der Waals surface area contributed by atoms with Gasteiger partial charge in [0.1, 0.15) is 11.4 Å². The zero-order valence-corrected chi connectivity index (χ0v) is 13.6. The Balaban J connectivity index is 2.25. The third kappa shape index (κ3) is 3.87. The standard InChI is InChI=1S/C14H17BrFN3O2/c1-8(2)20-7-14(3,17)13-18-12(21-19-13)10-5-4-9(16)6-11(10)15/h4-6,8H,7,17H2,1-3H3. The second-order valence-electron chi connectivity index (χ2n) is 5.32. The van der Waals surface area contributed by atoms with Crippen molar-refractivity contribution in [2.45, 2.75) is 32.4 Å². The first-order valence-electron chi connectivity index (χ1n) is 6.49. The molecule has 0 aliphatic rings. The molecule has 21 heavy (non-hydrogen) atoms. The van der Waals surface area contributed by atoms with Gasteiger partial charge in [0.25, 0.3) is 5.89 Å². The van der Waals surface area contributed by atoms with E-state index in [-0.39, 0.29) is 24.4 Å². The number of rotatable bonds is 5. The number of benzene rings is 1. The van der Waals surface area contributed by atoms with E-state index in [4.69, 9.17) is 15.0 Å². The molecule has 5 nitrogen and oxygen atoms in total. The van der Waals surface area contributed by atoms with Gasteiger partial charge < -0.3 is 15.0 Å². The number of nitrogens with two attached hydrogens (primary N) is 1. The number of ether oxygens (including phenoxy) is 1. The minimum atomic E-state index is -0.863. The Bertz CT molecular complexity index is 628. The van der Waals surface area contributed by atoms with E-state index >= 15 is 0 Å². The lowest BCUT2D eigenvalue weighted by molar-refractivity contribution is 0.0410. The van der Waals surface area contributed by atoms with E-state index < -0.39 is 5.54 Å². The molecular formula is C14H17BrFN3O2. The molecule has 114 valence electrons. The van der Waals surface area contributed by atoms with Gasteiger partial charge in [-0.15, -0.1) is 0 Å². The van der Waals surface area contributed by atoms with Gasteiger partial charge >= 0.3 is 0 Å². The highest BCUT2D eigenvalue weighted by Gasteiger charge is 2.29. The van der Waals surface area contributed by atoms with Crippen LogP contribution in [0.1, 0.15) is 26.6 Å². The van der Waals surface area contributed by atoms with E-state index in [2.05, 4.69) is 26.1 Å². The summed E-state index contributed by atoms with van der Waals surface area (Å²) in [7, 11) is 0. The van der Waals surface area contributed by atoms with Crippen LogP contribution < -0.4 is 5.73 Å². The Labute approximate surface area is 130 Å². The monoisotopic (exact) mass is 357 g/mol. The summed E-state index contributed by atoms with van der Waals surface area (Å²) < 4.78 is 24.4. The largest absolute Gasteiger partial charge is 0.376 e. The highest BCUT2D eigenvalue weighted by Crippen LogP contribution is 2.29. The van der Waals surface area contributed by atoms with E-state index in [0.717, 1.165) is 0 Å². The third-order valence-corrected chi connectivity index (χ3v) is 3.47. The fourth-order valence-corrected chi connectivity index (χ4v) is 2.15. The topological polar surface area (TPSA) is 74.2 Å². The average Bonchev–Trinajstić information content (AvgIpc) is 2.86. The predicted octanol–water partition coefficient (Wildman–Crippen LogP) is 3.24. The van der Waals surface area contributed by atoms with Gasteiger partial charge in [-0.1, -0.05) is 5.16 Å². The van der Waals surface area contributed by atoms with Crippen molar-refractivity contribution in [3.05, 3.63) is 34.3 Å². The van der Waals surface area contributed by atoms with Crippen LogP contribution in [0.3, 0.4) is 0 Å². The lowest BCUT2D eigenvalue weighted by Gasteiger charge is -2.21. The maximum absolute atomic E-state index is 13.1. The first kappa shape index (κ1) is 16.1. The zero-order valence-electron chi connectivity index (χ0n) is 12.1. The molecule has 1 heterocycles. The maximum atomic E-state index is 13.1. The second kappa shape index (κ2) is 6.21. The van der Waals surface area contributed by atoms with E-state index in [1.165, 1.54) is 12.1 Å². The summed E-state index contributed by atoms with van der Waals surface area (Å²) in [5.74, 6) is 0.270. The molecule has 0 bridgehead atoms. The van der Waals surface area contributed by atoms with E-state index in [0.29, 0.717) is 15.9 Å². The van der Waals surface area contributed by atoms with Gasteiger partial charge in [-0.3, -0.25) is 0 Å². The quantitative estimate of drug-likeness (QED) is 0.888. The van der Waals surface area contributed by atoms with Crippen molar-refractivity contribution < 1.29 is 13.7 Å². The normalized spacial score (nSPS) is 14.4. The number of hydrogen-bond donors (Lipinski definition) is 1. The first-order valence-corrected chi connectivity index (χ1v) is 7.29. The van der Waals surface area contributed by atoms with Crippen LogP contribution >= 0.6 is 15.9 Å². The van der Waals surface area contributed by atoms with E-state index in [1.54, 1.807) is 13.0 Å². The highest BCUT2D eigenvalue weighted by molar-refractivity contribution is 9.10. The highest BCUT2D eigenvalue weighted by atomic mass is 79.9. The van der Waals surface area contributed by atoms with Gasteiger partial charge in [0.05, 0.1) is 18.3 Å². The maximum Gasteiger partial charge on any atom is 0.259 e. The summed E-state index contributed by atoms with van der Waals surface area (Å²) in [6.45, 7) is 5.89. The van der Waals surface area contributed by atoms with Crippen LogP contribution in [0.25, 0.3) is 11.5 Å². The fourth-order valence-electron chi connectivity index (χ4n) is 1.63. The van der Waals surface area contributed by atoms with Gasteiger partial charge in [0.15, 0.2) is 5.82 Å². The average molecular weight is 358 g/mol. The number of hydrogen-bond acceptors (Lipinski definition) is 5. The molecule has 0 saturated carbocycles. The van der Waals surface area contributed by atoms with Crippen LogP contribution in [-0.2, 0) is 10.3 Å². The molecule has 1 atom stereocenters. The minimum absolute atomic E-state index is 0.0606. The molecule has 2 N–H and O–H groups in total. The van der Waals surface area contributed by atoms with Gasteiger partial charge in [0, 0.05) is 4.47 Å². The fraction of sp³-hybridized carbons (Fsp3) is 0.429. The lowest BCUT2D eigenvalue weighted by Crippen LogP contribution is -2.40. The van der Waals surface area contributed by atoms with Crippen molar-refractivity contribution in [1.29, 1.82) is 0 Å². The van der Waals surface area contributed by atoms with Gasteiger partial charge in [-0.25, -0.2) is 4.39 Å². The zero-order chi connectivity index (χ0) is 15.6. The van der Waals surface area contributed by atoms with Crippen molar-refractivity contribution in [3.63, 3.8) is 0 Å².